The third-order valence-electron chi connectivity index (χ3n) is 2.82. The largest absolute Gasteiger partial charge is 0.411 e. The predicted molar refractivity (Wildman–Crippen MR) is 90.9 cm³/mol. The quantitative estimate of drug-likeness (QED) is 0.667. The van der Waals surface area contributed by atoms with Crippen LogP contribution in [-0.4, -0.2) is 37.0 Å². The van der Waals surface area contributed by atoms with Gasteiger partial charge in [0.25, 0.3) is 5.22 Å². The van der Waals surface area contributed by atoms with Gasteiger partial charge in [-0.1, -0.05) is 36.9 Å². The zero-order valence-electron chi connectivity index (χ0n) is 13.0. The molecule has 0 bridgehead atoms. The van der Waals surface area contributed by atoms with E-state index < -0.39 is 0 Å². The van der Waals surface area contributed by atoms with Gasteiger partial charge < -0.3 is 4.42 Å². The number of rotatable bonds is 6. The lowest BCUT2D eigenvalue weighted by atomic mass is 10.2. The van der Waals surface area contributed by atoms with E-state index in [1.807, 2.05) is 19.9 Å². The molecular weight excluding hydrogens is 348 g/mol. The van der Waals surface area contributed by atoms with Crippen LogP contribution in [0, 0.1) is 0 Å². The summed E-state index contributed by atoms with van der Waals surface area (Å²) < 4.78 is 5.50. The average Bonchev–Trinajstić information content (AvgIpc) is 3.23. The number of hydrogen-bond donors (Lipinski definition) is 1. The minimum Gasteiger partial charge on any atom is -0.411 e. The van der Waals surface area contributed by atoms with Crippen LogP contribution in [0.2, 0.25) is 0 Å². The fraction of sp³-hybridized carbons (Fsp3) is 0.286. The van der Waals surface area contributed by atoms with Crippen LogP contribution in [0.15, 0.2) is 34.2 Å². The molecular formula is C14H14N6O2S2. The monoisotopic (exact) mass is 362 g/mol. The average molecular weight is 362 g/mol. The highest BCUT2D eigenvalue weighted by molar-refractivity contribution is 7.99. The van der Waals surface area contributed by atoms with Crippen molar-refractivity contribution in [1.29, 1.82) is 0 Å². The third kappa shape index (κ3) is 4.15. The van der Waals surface area contributed by atoms with Gasteiger partial charge in [0.1, 0.15) is 5.01 Å². The van der Waals surface area contributed by atoms with E-state index in [1.54, 1.807) is 18.5 Å². The Morgan fingerprint density at radius 2 is 2.21 bits per heavy atom. The van der Waals surface area contributed by atoms with Crippen LogP contribution in [0.1, 0.15) is 24.8 Å². The molecule has 0 fully saturated rings. The molecule has 0 aromatic carbocycles. The normalized spacial score (nSPS) is 11.0. The molecule has 0 radical (unpaired) electrons. The van der Waals surface area contributed by atoms with Crippen molar-refractivity contribution in [2.24, 2.45) is 0 Å². The van der Waals surface area contributed by atoms with Crippen molar-refractivity contribution in [3.8, 4) is 11.5 Å². The van der Waals surface area contributed by atoms with Crippen LogP contribution in [-0.2, 0) is 4.79 Å². The number of thioether (sulfide) groups is 1. The fourth-order valence-electron chi connectivity index (χ4n) is 1.68. The summed E-state index contributed by atoms with van der Waals surface area (Å²) in [5.41, 5.74) is 0.733. The first kappa shape index (κ1) is 16.5. The SMILES string of the molecule is CC(C)c1nnc(NC(=O)CSc2nnc(-c3cccnc3)o2)s1. The molecule has 0 unspecified atom stereocenters. The lowest BCUT2D eigenvalue weighted by molar-refractivity contribution is -0.113. The molecule has 1 amide bonds. The summed E-state index contributed by atoms with van der Waals surface area (Å²) >= 11 is 2.53. The predicted octanol–water partition coefficient (Wildman–Crippen LogP) is 2.84. The molecule has 0 aliphatic heterocycles. The Kier molecular flexibility index (Phi) is 5.16. The van der Waals surface area contributed by atoms with Crippen LogP contribution in [0.4, 0.5) is 5.13 Å². The fourth-order valence-corrected chi connectivity index (χ4v) is 3.00. The van der Waals surface area contributed by atoms with Gasteiger partial charge >= 0.3 is 0 Å². The highest BCUT2D eigenvalue weighted by Gasteiger charge is 2.13. The van der Waals surface area contributed by atoms with Gasteiger partial charge in [-0.2, -0.15) is 0 Å². The lowest BCUT2D eigenvalue weighted by Crippen LogP contribution is -2.13. The molecule has 10 heteroatoms. The van der Waals surface area contributed by atoms with Crippen molar-refractivity contribution < 1.29 is 9.21 Å². The van der Waals surface area contributed by atoms with E-state index in [4.69, 9.17) is 4.42 Å². The highest BCUT2D eigenvalue weighted by atomic mass is 32.2. The number of hydrogen-bond acceptors (Lipinski definition) is 9. The van der Waals surface area contributed by atoms with E-state index >= 15 is 0 Å². The van der Waals surface area contributed by atoms with Crippen molar-refractivity contribution in [2.45, 2.75) is 25.0 Å². The van der Waals surface area contributed by atoms with Crippen LogP contribution < -0.4 is 5.32 Å². The van der Waals surface area contributed by atoms with Gasteiger partial charge in [0.2, 0.25) is 16.9 Å². The Hall–Kier alpha value is -2.33. The number of carbonyl (C=O) groups is 1. The van der Waals surface area contributed by atoms with E-state index in [-0.39, 0.29) is 17.6 Å². The van der Waals surface area contributed by atoms with Crippen molar-refractivity contribution in [3.63, 3.8) is 0 Å². The lowest BCUT2D eigenvalue weighted by Gasteiger charge is -1.98. The number of amides is 1. The Morgan fingerprint density at radius 1 is 1.33 bits per heavy atom. The summed E-state index contributed by atoms with van der Waals surface area (Å²) in [6.07, 6.45) is 3.30. The van der Waals surface area contributed by atoms with Crippen molar-refractivity contribution in [1.82, 2.24) is 25.4 Å². The second-order valence-corrected chi connectivity index (χ2v) is 6.99. The van der Waals surface area contributed by atoms with Gasteiger partial charge in [-0.15, -0.1) is 20.4 Å². The molecule has 3 aromatic rings. The maximum atomic E-state index is 11.9. The summed E-state index contributed by atoms with van der Waals surface area (Å²) in [4.78, 5) is 15.9. The number of carbonyl (C=O) groups excluding carboxylic acids is 1. The van der Waals surface area contributed by atoms with Gasteiger partial charge in [0, 0.05) is 18.3 Å². The summed E-state index contributed by atoms with van der Waals surface area (Å²) in [6, 6.07) is 3.61. The molecule has 124 valence electrons. The minimum absolute atomic E-state index is 0.144. The Labute approximate surface area is 146 Å². The van der Waals surface area contributed by atoms with E-state index in [9.17, 15) is 4.79 Å². The zero-order chi connectivity index (χ0) is 16.9. The van der Waals surface area contributed by atoms with E-state index in [0.717, 1.165) is 22.3 Å². The van der Waals surface area contributed by atoms with Crippen LogP contribution in [0.3, 0.4) is 0 Å². The van der Waals surface area contributed by atoms with Crippen LogP contribution >= 0.6 is 23.1 Å². The number of nitrogens with one attached hydrogen (secondary N) is 1. The molecule has 3 heterocycles. The molecule has 3 rings (SSSR count). The number of pyridine rings is 1. The first-order valence-electron chi connectivity index (χ1n) is 7.12. The summed E-state index contributed by atoms with van der Waals surface area (Å²) in [5, 5.41) is 20.2. The molecule has 1 N–H and O–H groups in total. The Morgan fingerprint density at radius 3 is 2.92 bits per heavy atom. The number of aromatic nitrogens is 5. The Bertz CT molecular complexity index is 818. The number of nitrogens with zero attached hydrogens (tertiary/aromatic N) is 5. The topological polar surface area (TPSA) is 107 Å². The summed E-state index contributed by atoms with van der Waals surface area (Å²) in [7, 11) is 0. The minimum atomic E-state index is -0.201. The number of anilines is 1. The molecule has 0 saturated heterocycles. The second kappa shape index (κ2) is 7.49. The highest BCUT2D eigenvalue weighted by Crippen LogP contribution is 2.24. The van der Waals surface area contributed by atoms with E-state index in [2.05, 4.69) is 30.7 Å². The van der Waals surface area contributed by atoms with Gasteiger partial charge in [-0.05, 0) is 12.1 Å². The second-order valence-electron chi connectivity index (χ2n) is 5.05. The van der Waals surface area contributed by atoms with Crippen molar-refractivity contribution in [3.05, 3.63) is 29.5 Å². The van der Waals surface area contributed by atoms with Crippen LogP contribution in [0.25, 0.3) is 11.5 Å². The summed E-state index contributed by atoms with van der Waals surface area (Å²) in [5.74, 6) is 0.599. The zero-order valence-corrected chi connectivity index (χ0v) is 14.6. The molecule has 0 spiro atoms. The maximum absolute atomic E-state index is 11.9. The van der Waals surface area contributed by atoms with Gasteiger partial charge in [0.05, 0.1) is 11.3 Å². The molecule has 0 aliphatic rings. The standard InChI is InChI=1S/C14H14N6O2S2/c1-8(2)12-18-19-13(24-12)16-10(21)7-23-14-20-17-11(22-14)9-4-3-5-15-6-9/h3-6,8H,7H2,1-2H3,(H,16,19,21). The van der Waals surface area contributed by atoms with E-state index in [1.165, 1.54) is 11.3 Å². The molecule has 0 atom stereocenters. The molecule has 0 aliphatic carbocycles. The molecule has 3 aromatic heterocycles. The van der Waals surface area contributed by atoms with Gasteiger partial charge in [-0.25, -0.2) is 0 Å². The van der Waals surface area contributed by atoms with Gasteiger partial charge in [0.15, 0.2) is 0 Å². The smallest absolute Gasteiger partial charge is 0.277 e. The summed E-state index contributed by atoms with van der Waals surface area (Å²) in [6.45, 7) is 4.05. The third-order valence-corrected chi connectivity index (χ3v) is 4.78. The molecule has 24 heavy (non-hydrogen) atoms. The van der Waals surface area contributed by atoms with Crippen molar-refractivity contribution >= 4 is 34.1 Å². The van der Waals surface area contributed by atoms with Crippen molar-refractivity contribution in [2.75, 3.05) is 11.1 Å². The molecule has 8 nitrogen and oxygen atoms in total. The first-order valence-corrected chi connectivity index (χ1v) is 8.92. The van der Waals surface area contributed by atoms with Crippen LogP contribution in [0.5, 0.6) is 0 Å². The van der Waals surface area contributed by atoms with E-state index in [0.29, 0.717) is 16.2 Å². The van der Waals surface area contributed by atoms with Gasteiger partial charge in [-0.3, -0.25) is 15.1 Å². The Balaban J connectivity index is 1.54. The first-order chi connectivity index (χ1) is 11.6. The maximum Gasteiger partial charge on any atom is 0.277 e. The molecule has 0 saturated carbocycles.